The Morgan fingerprint density at radius 3 is 2.24 bits per heavy atom. The van der Waals surface area contributed by atoms with Crippen molar-refractivity contribution in [2.75, 3.05) is 52.8 Å². The Hall–Kier alpha value is -2.77. The average molecular weight is 418 g/mol. The Kier molecular flexibility index (Phi) is 6.61. The highest BCUT2D eigenvalue weighted by Crippen LogP contribution is 2.29. The van der Waals surface area contributed by atoms with E-state index in [1.54, 1.807) is 36.4 Å². The Labute approximate surface area is 175 Å². The van der Waals surface area contributed by atoms with Gasteiger partial charge in [-0.05, 0) is 43.4 Å². The van der Waals surface area contributed by atoms with E-state index in [0.717, 1.165) is 13.1 Å². The molecule has 1 saturated heterocycles. The molecule has 154 valence electrons. The number of anilines is 1. The summed E-state index contributed by atoms with van der Waals surface area (Å²) >= 11 is 6.25. The number of carbonyl (C=O) groups excluding carboxylic acids is 2. The summed E-state index contributed by atoms with van der Waals surface area (Å²) in [6.07, 6.45) is 0. The fourth-order valence-electron chi connectivity index (χ4n) is 3.12. The fourth-order valence-corrected chi connectivity index (χ4v) is 3.28. The van der Waals surface area contributed by atoms with Crippen molar-refractivity contribution < 1.29 is 19.1 Å². The first-order valence-electron chi connectivity index (χ1n) is 9.23. The van der Waals surface area contributed by atoms with Gasteiger partial charge in [0.15, 0.2) is 11.5 Å². The summed E-state index contributed by atoms with van der Waals surface area (Å²) in [7, 11) is 5.07. The molecule has 2 aromatic carbocycles. The van der Waals surface area contributed by atoms with E-state index in [-0.39, 0.29) is 11.8 Å². The highest BCUT2D eigenvalue weighted by atomic mass is 35.5. The van der Waals surface area contributed by atoms with Gasteiger partial charge in [0.2, 0.25) is 0 Å². The van der Waals surface area contributed by atoms with E-state index < -0.39 is 0 Å². The summed E-state index contributed by atoms with van der Waals surface area (Å²) in [6, 6.07) is 9.78. The number of rotatable bonds is 5. The van der Waals surface area contributed by atoms with Crippen LogP contribution in [0.4, 0.5) is 5.69 Å². The lowest BCUT2D eigenvalue weighted by Crippen LogP contribution is -2.47. The molecule has 1 aliphatic rings. The number of benzene rings is 2. The standard InChI is InChI=1S/C21H24ClN3O4/c1-24-8-10-25(11-9-24)21(27)15-4-6-16(22)17(12-15)23-20(26)14-5-7-18(28-2)19(13-14)29-3/h4-7,12-13H,8-11H2,1-3H3,(H,23,26). The third-order valence-electron chi connectivity index (χ3n) is 4.90. The average Bonchev–Trinajstić information content (AvgIpc) is 2.74. The number of carbonyl (C=O) groups is 2. The number of nitrogens with one attached hydrogen (secondary N) is 1. The van der Waals surface area contributed by atoms with Crippen molar-refractivity contribution in [2.45, 2.75) is 0 Å². The molecule has 2 amide bonds. The quantitative estimate of drug-likeness (QED) is 0.809. The number of methoxy groups -OCH3 is 2. The van der Waals surface area contributed by atoms with Crippen LogP contribution in [0.25, 0.3) is 0 Å². The van der Waals surface area contributed by atoms with Crippen molar-refractivity contribution in [1.29, 1.82) is 0 Å². The van der Waals surface area contributed by atoms with Crippen molar-refractivity contribution >= 4 is 29.1 Å². The number of hydrogen-bond acceptors (Lipinski definition) is 5. The third kappa shape index (κ3) is 4.81. The first kappa shape index (κ1) is 21.0. The van der Waals surface area contributed by atoms with Gasteiger partial charge in [0, 0.05) is 37.3 Å². The predicted molar refractivity (Wildman–Crippen MR) is 112 cm³/mol. The maximum atomic E-state index is 12.8. The molecule has 0 bridgehead atoms. The van der Waals surface area contributed by atoms with Gasteiger partial charge in [0.25, 0.3) is 11.8 Å². The zero-order valence-corrected chi connectivity index (χ0v) is 17.5. The van der Waals surface area contributed by atoms with Gasteiger partial charge in [-0.15, -0.1) is 0 Å². The highest BCUT2D eigenvalue weighted by Gasteiger charge is 2.21. The van der Waals surface area contributed by atoms with E-state index in [1.165, 1.54) is 14.2 Å². The molecule has 3 rings (SSSR count). The van der Waals surface area contributed by atoms with Crippen LogP contribution in [-0.2, 0) is 0 Å². The molecule has 0 spiro atoms. The smallest absolute Gasteiger partial charge is 0.255 e. The molecule has 0 saturated carbocycles. The van der Waals surface area contributed by atoms with Crippen molar-refractivity contribution in [3.63, 3.8) is 0 Å². The van der Waals surface area contributed by atoms with E-state index in [4.69, 9.17) is 21.1 Å². The van der Waals surface area contributed by atoms with E-state index in [1.807, 2.05) is 11.9 Å². The van der Waals surface area contributed by atoms with E-state index >= 15 is 0 Å². The minimum atomic E-state index is -0.364. The van der Waals surface area contributed by atoms with Crippen LogP contribution in [0, 0.1) is 0 Å². The first-order valence-corrected chi connectivity index (χ1v) is 9.61. The summed E-state index contributed by atoms with van der Waals surface area (Å²) in [5.41, 5.74) is 1.25. The number of piperazine rings is 1. The van der Waals surface area contributed by atoms with Crippen molar-refractivity contribution in [1.82, 2.24) is 9.80 Å². The Morgan fingerprint density at radius 2 is 1.59 bits per heavy atom. The van der Waals surface area contributed by atoms with Gasteiger partial charge in [-0.1, -0.05) is 11.6 Å². The first-order chi connectivity index (χ1) is 13.9. The monoisotopic (exact) mass is 417 g/mol. The van der Waals surface area contributed by atoms with Crippen LogP contribution in [0.5, 0.6) is 11.5 Å². The number of likely N-dealkylation sites (N-methyl/N-ethyl adjacent to an activating group) is 1. The van der Waals surface area contributed by atoms with Gasteiger partial charge in [-0.2, -0.15) is 0 Å². The number of hydrogen-bond donors (Lipinski definition) is 1. The number of halogens is 1. The van der Waals surface area contributed by atoms with Gasteiger partial charge in [-0.3, -0.25) is 9.59 Å². The van der Waals surface area contributed by atoms with Crippen LogP contribution in [0.1, 0.15) is 20.7 Å². The molecule has 1 aliphatic heterocycles. The minimum Gasteiger partial charge on any atom is -0.493 e. The molecule has 0 radical (unpaired) electrons. The van der Waals surface area contributed by atoms with Gasteiger partial charge in [0.05, 0.1) is 24.9 Å². The van der Waals surface area contributed by atoms with Crippen LogP contribution in [0.3, 0.4) is 0 Å². The molecule has 1 heterocycles. The maximum Gasteiger partial charge on any atom is 0.255 e. The highest BCUT2D eigenvalue weighted by molar-refractivity contribution is 6.34. The molecule has 29 heavy (non-hydrogen) atoms. The van der Waals surface area contributed by atoms with E-state index in [0.29, 0.717) is 46.4 Å². The molecular weight excluding hydrogens is 394 g/mol. The summed E-state index contributed by atoms with van der Waals surface area (Å²) < 4.78 is 10.4. The second-order valence-electron chi connectivity index (χ2n) is 6.81. The van der Waals surface area contributed by atoms with Crippen LogP contribution < -0.4 is 14.8 Å². The topological polar surface area (TPSA) is 71.1 Å². The molecular formula is C21H24ClN3O4. The Balaban J connectivity index is 1.78. The molecule has 1 N–H and O–H groups in total. The SMILES string of the molecule is COc1ccc(C(=O)Nc2cc(C(=O)N3CCN(C)CC3)ccc2Cl)cc1OC. The Morgan fingerprint density at radius 1 is 0.931 bits per heavy atom. The molecule has 1 fully saturated rings. The van der Waals surface area contributed by atoms with E-state index in [9.17, 15) is 9.59 Å². The molecule has 0 atom stereocenters. The minimum absolute atomic E-state index is 0.0728. The largest absolute Gasteiger partial charge is 0.493 e. The Bertz CT molecular complexity index is 911. The van der Waals surface area contributed by atoms with Crippen molar-refractivity contribution in [3.8, 4) is 11.5 Å². The summed E-state index contributed by atoms with van der Waals surface area (Å²) in [5.74, 6) is 0.542. The molecule has 0 aromatic heterocycles. The van der Waals surface area contributed by atoms with Gasteiger partial charge in [0.1, 0.15) is 0 Å². The van der Waals surface area contributed by atoms with Gasteiger partial charge in [-0.25, -0.2) is 0 Å². The zero-order chi connectivity index (χ0) is 21.0. The van der Waals surface area contributed by atoms with Crippen LogP contribution in [0.15, 0.2) is 36.4 Å². The third-order valence-corrected chi connectivity index (χ3v) is 5.23. The van der Waals surface area contributed by atoms with E-state index in [2.05, 4.69) is 10.2 Å². The number of nitrogens with zero attached hydrogens (tertiary/aromatic N) is 2. The zero-order valence-electron chi connectivity index (χ0n) is 16.7. The fraction of sp³-hybridized carbons (Fsp3) is 0.333. The molecule has 0 aliphatic carbocycles. The second-order valence-corrected chi connectivity index (χ2v) is 7.22. The van der Waals surface area contributed by atoms with Crippen LogP contribution >= 0.6 is 11.6 Å². The maximum absolute atomic E-state index is 12.8. The lowest BCUT2D eigenvalue weighted by molar-refractivity contribution is 0.0664. The second kappa shape index (κ2) is 9.15. The molecule has 0 unspecified atom stereocenters. The van der Waals surface area contributed by atoms with Gasteiger partial charge >= 0.3 is 0 Å². The predicted octanol–water partition coefficient (Wildman–Crippen LogP) is 3.00. The molecule has 8 heteroatoms. The number of amides is 2. The summed E-state index contributed by atoms with van der Waals surface area (Å²) in [5, 5.41) is 3.13. The van der Waals surface area contributed by atoms with Crippen molar-refractivity contribution in [2.24, 2.45) is 0 Å². The lowest BCUT2D eigenvalue weighted by atomic mass is 10.1. The van der Waals surface area contributed by atoms with Gasteiger partial charge < -0.3 is 24.6 Å². The molecule has 2 aromatic rings. The number of ether oxygens (including phenoxy) is 2. The normalized spacial score (nSPS) is 14.4. The van der Waals surface area contributed by atoms with Crippen LogP contribution in [-0.4, -0.2) is 69.1 Å². The van der Waals surface area contributed by atoms with Crippen LogP contribution in [0.2, 0.25) is 5.02 Å². The summed E-state index contributed by atoms with van der Waals surface area (Å²) in [4.78, 5) is 29.5. The molecule has 7 nitrogen and oxygen atoms in total. The summed E-state index contributed by atoms with van der Waals surface area (Å²) in [6.45, 7) is 3.01. The lowest BCUT2D eigenvalue weighted by Gasteiger charge is -2.32. The van der Waals surface area contributed by atoms with Crippen molar-refractivity contribution in [3.05, 3.63) is 52.5 Å².